The van der Waals surface area contributed by atoms with Crippen molar-refractivity contribution in [2.45, 2.75) is 64.8 Å². The van der Waals surface area contributed by atoms with Crippen molar-refractivity contribution >= 4 is 17.8 Å². The largest absolute Gasteiger partial charge is 0.497 e. The van der Waals surface area contributed by atoms with E-state index >= 15 is 0 Å². The fourth-order valence-electron chi connectivity index (χ4n) is 4.49. The molecule has 3 aromatic carbocycles. The molecule has 0 heterocycles. The Morgan fingerprint density at radius 3 is 1.67 bits per heavy atom. The van der Waals surface area contributed by atoms with Crippen LogP contribution in [0, 0.1) is 0 Å². The van der Waals surface area contributed by atoms with Crippen LogP contribution >= 0.6 is 0 Å². The van der Waals surface area contributed by atoms with Crippen LogP contribution in [0.4, 0.5) is 4.79 Å². The smallest absolute Gasteiger partial charge is 0.408 e. The van der Waals surface area contributed by atoms with Gasteiger partial charge in [0.15, 0.2) is 6.04 Å². The summed E-state index contributed by atoms with van der Waals surface area (Å²) in [5, 5.41) is 2.91. The minimum absolute atomic E-state index is 0.561. The van der Waals surface area contributed by atoms with Gasteiger partial charge >= 0.3 is 12.1 Å². The fourth-order valence-corrected chi connectivity index (χ4v) is 4.49. The monoisotopic (exact) mass is 528 g/mol. The van der Waals surface area contributed by atoms with Crippen molar-refractivity contribution in [3.63, 3.8) is 0 Å². The lowest BCUT2D eigenvalue weighted by atomic mass is 9.98. The van der Waals surface area contributed by atoms with Crippen molar-refractivity contribution in [2.24, 2.45) is 4.99 Å². The predicted molar refractivity (Wildman–Crippen MR) is 152 cm³/mol. The number of aliphatic imine (C=N–C) groups is 1. The number of carbonyl (C=O) groups excluding carboxylic acids is 2. The van der Waals surface area contributed by atoms with Crippen LogP contribution in [-0.4, -0.2) is 42.1 Å². The number of nitrogens with one attached hydrogen (secondary N) is 1. The maximum atomic E-state index is 13.8. The highest BCUT2D eigenvalue weighted by atomic mass is 16.6. The zero-order valence-corrected chi connectivity index (χ0v) is 23.6. The standard InChI is InChI=1S/C32H36N2O5/c1-31(2,3)38-29(35)28(33-27-24-14-10-8-12-22(24)23-13-9-11-15-25(23)27)26(34-30(36)39-32(4,5)6)20-16-18-21(37-7)19-17-20/h8-19,26,28H,1-7H3,(H,34,36)/t26-,28+/m1/s1. The first-order valence-corrected chi connectivity index (χ1v) is 13.0. The number of methoxy groups -OCH3 is 1. The summed E-state index contributed by atoms with van der Waals surface area (Å²) in [6.07, 6.45) is -0.663. The molecule has 1 aliphatic rings. The molecule has 0 saturated carbocycles. The quantitative estimate of drug-likeness (QED) is 0.289. The third-order valence-electron chi connectivity index (χ3n) is 6.03. The van der Waals surface area contributed by atoms with E-state index in [2.05, 4.69) is 5.32 Å². The number of fused-ring (bicyclic) bond motifs is 3. The molecule has 0 radical (unpaired) electrons. The van der Waals surface area contributed by atoms with Crippen molar-refractivity contribution in [3.05, 3.63) is 89.5 Å². The summed E-state index contributed by atoms with van der Waals surface area (Å²) in [5.41, 5.74) is 3.73. The number of benzene rings is 3. The van der Waals surface area contributed by atoms with E-state index in [0.29, 0.717) is 17.0 Å². The normalized spacial score (nSPS) is 14.0. The first-order chi connectivity index (χ1) is 18.4. The van der Waals surface area contributed by atoms with Crippen molar-refractivity contribution in [1.82, 2.24) is 5.32 Å². The van der Waals surface area contributed by atoms with E-state index in [1.54, 1.807) is 72.9 Å². The Labute approximate surface area is 230 Å². The van der Waals surface area contributed by atoms with E-state index in [4.69, 9.17) is 19.2 Å². The summed E-state index contributed by atoms with van der Waals surface area (Å²) in [6.45, 7) is 10.8. The van der Waals surface area contributed by atoms with Crippen LogP contribution < -0.4 is 10.1 Å². The Hall–Kier alpha value is -4.13. The molecular formula is C32H36N2O5. The Bertz CT molecular complexity index is 1330. The van der Waals surface area contributed by atoms with Crippen LogP contribution in [0.5, 0.6) is 5.75 Å². The van der Waals surface area contributed by atoms with Gasteiger partial charge in [-0.25, -0.2) is 9.59 Å². The van der Waals surface area contributed by atoms with Gasteiger partial charge in [0.25, 0.3) is 0 Å². The molecule has 204 valence electrons. The average molecular weight is 529 g/mol. The highest BCUT2D eigenvalue weighted by Crippen LogP contribution is 2.38. The van der Waals surface area contributed by atoms with Crippen molar-refractivity contribution in [1.29, 1.82) is 0 Å². The summed E-state index contributed by atoms with van der Waals surface area (Å²) < 4.78 is 16.7. The molecule has 0 bridgehead atoms. The lowest BCUT2D eigenvalue weighted by molar-refractivity contribution is -0.157. The molecule has 7 nitrogen and oxygen atoms in total. The third-order valence-corrected chi connectivity index (χ3v) is 6.03. The number of ether oxygens (including phenoxy) is 3. The third kappa shape index (κ3) is 6.66. The first-order valence-electron chi connectivity index (χ1n) is 13.0. The lowest BCUT2D eigenvalue weighted by Gasteiger charge is -2.29. The molecule has 2 atom stereocenters. The number of hydrogen-bond donors (Lipinski definition) is 1. The summed E-state index contributed by atoms with van der Waals surface area (Å²) >= 11 is 0. The van der Waals surface area contributed by atoms with Crippen LogP contribution in [0.3, 0.4) is 0 Å². The van der Waals surface area contributed by atoms with Gasteiger partial charge in [-0.1, -0.05) is 60.7 Å². The summed E-state index contributed by atoms with van der Waals surface area (Å²) in [7, 11) is 1.58. The number of esters is 1. The first kappa shape index (κ1) is 27.9. The number of carbonyl (C=O) groups is 2. The van der Waals surface area contributed by atoms with Gasteiger partial charge in [0, 0.05) is 11.1 Å². The lowest BCUT2D eigenvalue weighted by Crippen LogP contribution is -2.44. The summed E-state index contributed by atoms with van der Waals surface area (Å²) in [4.78, 5) is 31.9. The molecule has 4 rings (SSSR count). The van der Waals surface area contributed by atoms with Crippen LogP contribution in [0.2, 0.25) is 0 Å². The average Bonchev–Trinajstić information content (AvgIpc) is 3.17. The highest BCUT2D eigenvalue weighted by molar-refractivity contribution is 6.24. The van der Waals surface area contributed by atoms with Gasteiger partial charge in [0.05, 0.1) is 18.9 Å². The Balaban J connectivity index is 1.88. The van der Waals surface area contributed by atoms with Crippen molar-refractivity contribution in [3.8, 4) is 16.9 Å². The van der Waals surface area contributed by atoms with Gasteiger partial charge in [-0.15, -0.1) is 0 Å². The zero-order chi connectivity index (χ0) is 28.4. The number of hydrogen-bond acceptors (Lipinski definition) is 6. The van der Waals surface area contributed by atoms with Crippen LogP contribution in [0.25, 0.3) is 11.1 Å². The molecule has 39 heavy (non-hydrogen) atoms. The highest BCUT2D eigenvalue weighted by Gasteiger charge is 2.37. The minimum atomic E-state index is -1.11. The molecule has 0 aromatic heterocycles. The van der Waals surface area contributed by atoms with Crippen LogP contribution in [0.15, 0.2) is 77.8 Å². The van der Waals surface area contributed by atoms with Crippen molar-refractivity contribution < 1.29 is 23.8 Å². The molecule has 1 aliphatic carbocycles. The van der Waals surface area contributed by atoms with E-state index in [0.717, 1.165) is 22.3 Å². The summed E-state index contributed by atoms with van der Waals surface area (Å²) in [6, 6.07) is 21.1. The van der Waals surface area contributed by atoms with Crippen molar-refractivity contribution in [2.75, 3.05) is 7.11 Å². The second-order valence-corrected chi connectivity index (χ2v) is 11.4. The zero-order valence-electron chi connectivity index (χ0n) is 23.6. The van der Waals surface area contributed by atoms with E-state index < -0.39 is 35.3 Å². The number of alkyl carbamates (subject to hydrolysis) is 1. The molecule has 7 heteroatoms. The van der Waals surface area contributed by atoms with Crippen LogP contribution in [0.1, 0.15) is 64.3 Å². The number of amides is 1. The van der Waals surface area contributed by atoms with E-state index in [9.17, 15) is 9.59 Å². The van der Waals surface area contributed by atoms with Crippen LogP contribution in [-0.2, 0) is 14.3 Å². The fraction of sp³-hybridized carbons (Fsp3) is 0.344. The topological polar surface area (TPSA) is 86.2 Å². The van der Waals surface area contributed by atoms with Gasteiger partial charge in [-0.3, -0.25) is 4.99 Å². The molecular weight excluding hydrogens is 492 g/mol. The number of rotatable bonds is 6. The SMILES string of the molecule is COc1ccc([C@@H](NC(=O)OC(C)(C)C)[C@H](N=C2c3ccccc3-c3ccccc32)C(=O)OC(C)(C)C)cc1. The van der Waals surface area contributed by atoms with Gasteiger partial charge in [-0.05, 0) is 70.4 Å². The Morgan fingerprint density at radius 1 is 0.718 bits per heavy atom. The minimum Gasteiger partial charge on any atom is -0.497 e. The Morgan fingerprint density at radius 2 is 1.21 bits per heavy atom. The molecule has 3 aromatic rings. The Kier molecular flexibility index (Phi) is 7.82. The summed E-state index contributed by atoms with van der Waals surface area (Å²) in [5.74, 6) is 0.0855. The van der Waals surface area contributed by atoms with Gasteiger partial charge in [0.2, 0.25) is 0 Å². The van der Waals surface area contributed by atoms with Gasteiger partial charge < -0.3 is 19.5 Å². The molecule has 0 fully saturated rings. The van der Waals surface area contributed by atoms with E-state index in [1.807, 2.05) is 48.5 Å². The molecule has 0 saturated heterocycles. The second kappa shape index (κ2) is 10.9. The predicted octanol–water partition coefficient (Wildman–Crippen LogP) is 6.49. The van der Waals surface area contributed by atoms with Gasteiger partial charge in [-0.2, -0.15) is 0 Å². The maximum Gasteiger partial charge on any atom is 0.408 e. The second-order valence-electron chi connectivity index (χ2n) is 11.4. The maximum absolute atomic E-state index is 13.8. The molecule has 1 amide bonds. The molecule has 0 spiro atoms. The molecule has 1 N–H and O–H groups in total. The van der Waals surface area contributed by atoms with E-state index in [-0.39, 0.29) is 0 Å². The van der Waals surface area contributed by atoms with E-state index in [1.165, 1.54) is 0 Å². The molecule has 0 aliphatic heterocycles. The molecule has 0 unspecified atom stereocenters. The number of nitrogens with zero attached hydrogens (tertiary/aromatic N) is 1. The van der Waals surface area contributed by atoms with Gasteiger partial charge in [0.1, 0.15) is 17.0 Å².